The predicted octanol–water partition coefficient (Wildman–Crippen LogP) is 4.61. The number of amides is 1. The zero-order valence-corrected chi connectivity index (χ0v) is 19.0. The van der Waals surface area contributed by atoms with E-state index < -0.39 is 0 Å². The number of rotatable bonds is 6. The Morgan fingerprint density at radius 1 is 0.938 bits per heavy atom. The first-order chi connectivity index (χ1) is 15.4. The summed E-state index contributed by atoms with van der Waals surface area (Å²) in [5, 5.41) is 12.3. The molecule has 0 unspecified atom stereocenters. The van der Waals surface area contributed by atoms with Gasteiger partial charge in [-0.1, -0.05) is 30.3 Å². The standard InChI is InChI=1S/C25H27N5O2/c1-16-23(18(3)30(28-16)21-11-7-6-8-12-21)25(31)26-24-17(2)27-29(19(24)4)15-20-10-9-13-22(14-20)32-5/h6-14H,15H2,1-5H3,(H,26,31). The van der Waals surface area contributed by atoms with E-state index >= 15 is 0 Å². The maximum atomic E-state index is 13.2. The minimum absolute atomic E-state index is 0.186. The second-order valence-electron chi connectivity index (χ2n) is 7.80. The first-order valence-corrected chi connectivity index (χ1v) is 10.5. The van der Waals surface area contributed by atoms with Crippen LogP contribution in [-0.4, -0.2) is 32.6 Å². The Kier molecular flexibility index (Phi) is 5.81. The molecule has 2 aromatic carbocycles. The molecular formula is C25H27N5O2. The maximum Gasteiger partial charge on any atom is 0.259 e. The molecule has 7 heteroatoms. The first-order valence-electron chi connectivity index (χ1n) is 10.5. The van der Waals surface area contributed by atoms with E-state index in [1.165, 1.54) is 0 Å². The van der Waals surface area contributed by atoms with Crippen LogP contribution < -0.4 is 10.1 Å². The fraction of sp³-hybridized carbons (Fsp3) is 0.240. The summed E-state index contributed by atoms with van der Waals surface area (Å²) in [6, 6.07) is 17.7. The van der Waals surface area contributed by atoms with Crippen LogP contribution in [0.5, 0.6) is 5.75 Å². The molecule has 0 spiro atoms. The fourth-order valence-corrected chi connectivity index (χ4v) is 3.94. The number of carbonyl (C=O) groups excluding carboxylic acids is 1. The van der Waals surface area contributed by atoms with Gasteiger partial charge in [-0.3, -0.25) is 9.48 Å². The lowest BCUT2D eigenvalue weighted by atomic mass is 10.1. The number of hydrogen-bond acceptors (Lipinski definition) is 4. The number of aromatic nitrogens is 4. The van der Waals surface area contributed by atoms with Crippen LogP contribution in [0.1, 0.15) is 38.7 Å². The second-order valence-corrected chi connectivity index (χ2v) is 7.80. The average molecular weight is 430 g/mol. The third-order valence-electron chi connectivity index (χ3n) is 5.61. The number of methoxy groups -OCH3 is 1. The number of benzene rings is 2. The van der Waals surface area contributed by atoms with E-state index in [9.17, 15) is 4.79 Å². The van der Waals surface area contributed by atoms with Crippen molar-refractivity contribution in [3.05, 3.63) is 88.5 Å². The van der Waals surface area contributed by atoms with Crippen LogP contribution in [0.2, 0.25) is 0 Å². The monoisotopic (exact) mass is 429 g/mol. The Morgan fingerprint density at radius 3 is 2.41 bits per heavy atom. The van der Waals surface area contributed by atoms with Gasteiger partial charge in [0.15, 0.2) is 0 Å². The number of aryl methyl sites for hydroxylation is 2. The Morgan fingerprint density at radius 2 is 1.69 bits per heavy atom. The molecule has 0 aliphatic heterocycles. The molecule has 1 N–H and O–H groups in total. The molecule has 1 amide bonds. The van der Waals surface area contributed by atoms with Crippen LogP contribution in [0.25, 0.3) is 5.69 Å². The quantitative estimate of drug-likeness (QED) is 0.486. The largest absolute Gasteiger partial charge is 0.497 e. The van der Waals surface area contributed by atoms with Gasteiger partial charge in [0.1, 0.15) is 5.75 Å². The van der Waals surface area contributed by atoms with Crippen molar-refractivity contribution in [3.8, 4) is 11.4 Å². The number of nitrogens with zero attached hydrogens (tertiary/aromatic N) is 4. The summed E-state index contributed by atoms with van der Waals surface area (Å²) in [7, 11) is 1.65. The third kappa shape index (κ3) is 4.01. The van der Waals surface area contributed by atoms with Gasteiger partial charge in [-0.25, -0.2) is 4.68 Å². The molecule has 32 heavy (non-hydrogen) atoms. The highest BCUT2D eigenvalue weighted by Crippen LogP contribution is 2.24. The van der Waals surface area contributed by atoms with E-state index in [-0.39, 0.29) is 5.91 Å². The van der Waals surface area contributed by atoms with Gasteiger partial charge in [0.2, 0.25) is 0 Å². The van der Waals surface area contributed by atoms with Gasteiger partial charge in [0, 0.05) is 0 Å². The van der Waals surface area contributed by atoms with Crippen molar-refractivity contribution < 1.29 is 9.53 Å². The number of ether oxygens (including phenoxy) is 1. The number of hydrogen-bond donors (Lipinski definition) is 1. The van der Waals surface area contributed by atoms with Gasteiger partial charge in [-0.2, -0.15) is 10.2 Å². The van der Waals surface area contributed by atoms with Crippen molar-refractivity contribution in [2.45, 2.75) is 34.2 Å². The average Bonchev–Trinajstić information content (AvgIpc) is 3.24. The molecule has 0 atom stereocenters. The minimum atomic E-state index is -0.186. The molecule has 0 bridgehead atoms. The number of nitrogens with one attached hydrogen (secondary N) is 1. The molecule has 0 aliphatic rings. The van der Waals surface area contributed by atoms with Crippen molar-refractivity contribution in [1.82, 2.24) is 19.6 Å². The Labute approximate surface area is 187 Å². The third-order valence-corrected chi connectivity index (χ3v) is 5.61. The maximum absolute atomic E-state index is 13.2. The summed E-state index contributed by atoms with van der Waals surface area (Å²) in [6.07, 6.45) is 0. The smallest absolute Gasteiger partial charge is 0.259 e. The molecule has 2 aromatic heterocycles. The van der Waals surface area contributed by atoms with E-state index in [2.05, 4.69) is 15.5 Å². The molecule has 4 rings (SSSR count). The highest BCUT2D eigenvalue weighted by atomic mass is 16.5. The zero-order chi connectivity index (χ0) is 22.8. The van der Waals surface area contributed by atoms with Crippen molar-refractivity contribution in [3.63, 3.8) is 0 Å². The summed E-state index contributed by atoms with van der Waals surface area (Å²) in [6.45, 7) is 8.21. The molecule has 164 valence electrons. The summed E-state index contributed by atoms with van der Waals surface area (Å²) in [5.41, 5.74) is 6.44. The van der Waals surface area contributed by atoms with Crippen molar-refractivity contribution in [2.24, 2.45) is 0 Å². The van der Waals surface area contributed by atoms with Gasteiger partial charge in [-0.05, 0) is 57.5 Å². The molecule has 0 saturated carbocycles. The van der Waals surface area contributed by atoms with Crippen molar-refractivity contribution in [2.75, 3.05) is 12.4 Å². The van der Waals surface area contributed by atoms with Crippen molar-refractivity contribution >= 4 is 11.6 Å². The van der Waals surface area contributed by atoms with Gasteiger partial charge >= 0.3 is 0 Å². The van der Waals surface area contributed by atoms with E-state index in [1.54, 1.807) is 11.8 Å². The summed E-state index contributed by atoms with van der Waals surface area (Å²) < 4.78 is 9.01. The molecule has 0 saturated heterocycles. The summed E-state index contributed by atoms with van der Waals surface area (Å²) in [4.78, 5) is 13.2. The van der Waals surface area contributed by atoms with Crippen LogP contribution in [0.15, 0.2) is 54.6 Å². The van der Waals surface area contributed by atoms with Gasteiger partial charge in [0.25, 0.3) is 5.91 Å². The molecular weight excluding hydrogens is 402 g/mol. The minimum Gasteiger partial charge on any atom is -0.497 e. The lowest BCUT2D eigenvalue weighted by Crippen LogP contribution is -2.15. The lowest BCUT2D eigenvalue weighted by molar-refractivity contribution is 0.102. The second kappa shape index (κ2) is 8.70. The van der Waals surface area contributed by atoms with Crippen molar-refractivity contribution in [1.29, 1.82) is 0 Å². The Hall–Kier alpha value is -3.87. The fourth-order valence-electron chi connectivity index (χ4n) is 3.94. The van der Waals surface area contributed by atoms with E-state index in [0.29, 0.717) is 17.8 Å². The van der Waals surface area contributed by atoms with Crippen LogP contribution in [0.3, 0.4) is 0 Å². The SMILES string of the molecule is COc1cccc(Cn2nc(C)c(NC(=O)c3c(C)nn(-c4ccccc4)c3C)c2C)c1. The number of para-hydroxylation sites is 1. The molecule has 7 nitrogen and oxygen atoms in total. The molecule has 0 radical (unpaired) electrons. The normalized spacial score (nSPS) is 10.9. The van der Waals surface area contributed by atoms with E-state index in [0.717, 1.165) is 39.8 Å². The molecule has 2 heterocycles. The lowest BCUT2D eigenvalue weighted by Gasteiger charge is -2.09. The molecule has 0 fully saturated rings. The van der Waals surface area contributed by atoms with Crippen LogP contribution in [0.4, 0.5) is 5.69 Å². The van der Waals surface area contributed by atoms with E-state index in [1.807, 2.05) is 87.0 Å². The zero-order valence-electron chi connectivity index (χ0n) is 19.0. The highest BCUT2D eigenvalue weighted by Gasteiger charge is 2.22. The Balaban J connectivity index is 1.60. The number of anilines is 1. The Bertz CT molecular complexity index is 1270. The van der Waals surface area contributed by atoms with E-state index in [4.69, 9.17) is 4.74 Å². The summed E-state index contributed by atoms with van der Waals surface area (Å²) in [5.74, 6) is 0.619. The van der Waals surface area contributed by atoms with Gasteiger partial charge in [0.05, 0.1) is 53.4 Å². The van der Waals surface area contributed by atoms with Crippen LogP contribution >= 0.6 is 0 Å². The molecule has 4 aromatic rings. The summed E-state index contributed by atoms with van der Waals surface area (Å²) >= 11 is 0. The topological polar surface area (TPSA) is 74.0 Å². The highest BCUT2D eigenvalue weighted by molar-refractivity contribution is 6.06. The first kappa shape index (κ1) is 21.4. The number of carbonyl (C=O) groups is 1. The predicted molar refractivity (Wildman–Crippen MR) is 125 cm³/mol. The molecule has 0 aliphatic carbocycles. The van der Waals surface area contributed by atoms with Gasteiger partial charge < -0.3 is 10.1 Å². The van der Waals surface area contributed by atoms with Crippen LogP contribution in [0, 0.1) is 27.7 Å². The van der Waals surface area contributed by atoms with Gasteiger partial charge in [-0.15, -0.1) is 0 Å². The van der Waals surface area contributed by atoms with Crippen LogP contribution in [-0.2, 0) is 6.54 Å².